The lowest BCUT2D eigenvalue weighted by Crippen LogP contribution is -2.53. The van der Waals surface area contributed by atoms with Crippen LogP contribution in [0.4, 0.5) is 0 Å². The molecule has 0 radical (unpaired) electrons. The normalized spacial score (nSPS) is 17.1. The van der Waals surface area contributed by atoms with Gasteiger partial charge in [-0.15, -0.1) is 6.58 Å². The molecule has 118 valence electrons. The molecule has 1 aliphatic carbocycles. The Bertz CT molecular complexity index is 564. The first-order chi connectivity index (χ1) is 10.5. The number of benzene rings is 1. The topological polar surface area (TPSA) is 66.4 Å². The third-order valence-electron chi connectivity index (χ3n) is 4.30. The van der Waals surface area contributed by atoms with E-state index < -0.39 is 17.4 Å². The third kappa shape index (κ3) is 3.40. The van der Waals surface area contributed by atoms with Crippen LogP contribution in [0.1, 0.15) is 37.7 Å². The highest BCUT2D eigenvalue weighted by molar-refractivity contribution is 9.10. The van der Waals surface area contributed by atoms with E-state index in [9.17, 15) is 14.7 Å². The number of carboxylic acids is 1. The number of aliphatic carboxylic acids is 1. The van der Waals surface area contributed by atoms with E-state index in [1.165, 1.54) is 0 Å². The molecule has 1 fully saturated rings. The zero-order valence-electron chi connectivity index (χ0n) is 12.3. The number of allylic oxidation sites excluding steroid dienone is 1. The summed E-state index contributed by atoms with van der Waals surface area (Å²) in [6.45, 7) is 3.59. The molecule has 1 amide bonds. The van der Waals surface area contributed by atoms with Gasteiger partial charge in [0.05, 0.1) is 5.41 Å². The Morgan fingerprint density at radius 1 is 1.36 bits per heavy atom. The maximum absolute atomic E-state index is 12.7. The standard InChI is InChI=1S/C17H20BrNO3/c1-2-3-5-14(15(20)21)19-16(22)17(10-4-11-17)12-6-8-13(18)9-7-12/h2,6-9,14H,1,3-5,10-11H2,(H,19,22)(H,20,21). The minimum absolute atomic E-state index is 0.183. The summed E-state index contributed by atoms with van der Waals surface area (Å²) in [4.78, 5) is 24.0. The molecule has 1 unspecified atom stereocenters. The second-order valence-electron chi connectivity index (χ2n) is 5.67. The highest BCUT2D eigenvalue weighted by atomic mass is 79.9. The Hall–Kier alpha value is -1.62. The summed E-state index contributed by atoms with van der Waals surface area (Å²) in [6, 6.07) is 6.83. The van der Waals surface area contributed by atoms with Gasteiger partial charge in [0.25, 0.3) is 0 Å². The SMILES string of the molecule is C=CCCC(NC(=O)C1(c2ccc(Br)cc2)CCC1)C(=O)O. The molecule has 1 atom stereocenters. The summed E-state index contributed by atoms with van der Waals surface area (Å²) >= 11 is 3.39. The second kappa shape index (κ2) is 7.09. The Morgan fingerprint density at radius 3 is 2.45 bits per heavy atom. The zero-order chi connectivity index (χ0) is 16.2. The number of nitrogens with one attached hydrogen (secondary N) is 1. The average Bonchev–Trinajstić information content (AvgIpc) is 2.44. The molecule has 0 saturated heterocycles. The fraction of sp³-hybridized carbons (Fsp3) is 0.412. The van der Waals surface area contributed by atoms with Crippen LogP contribution in [0.5, 0.6) is 0 Å². The number of carbonyl (C=O) groups excluding carboxylic acids is 1. The molecule has 2 rings (SSSR count). The minimum Gasteiger partial charge on any atom is -0.480 e. The predicted octanol–water partition coefficient (Wildman–Crippen LogP) is 3.41. The van der Waals surface area contributed by atoms with Crippen LogP contribution in [0.2, 0.25) is 0 Å². The smallest absolute Gasteiger partial charge is 0.326 e. The molecule has 5 heteroatoms. The van der Waals surface area contributed by atoms with Gasteiger partial charge in [0.1, 0.15) is 6.04 Å². The summed E-state index contributed by atoms with van der Waals surface area (Å²) < 4.78 is 0.959. The number of carboxylic acid groups (broad SMARTS) is 1. The van der Waals surface area contributed by atoms with Gasteiger partial charge in [-0.3, -0.25) is 4.79 Å². The predicted molar refractivity (Wildman–Crippen MR) is 88.7 cm³/mol. The van der Waals surface area contributed by atoms with Gasteiger partial charge in [0.15, 0.2) is 0 Å². The second-order valence-corrected chi connectivity index (χ2v) is 6.59. The first-order valence-corrected chi connectivity index (χ1v) is 8.19. The van der Waals surface area contributed by atoms with Crippen molar-refractivity contribution in [3.63, 3.8) is 0 Å². The zero-order valence-corrected chi connectivity index (χ0v) is 13.9. The number of hydrogen-bond donors (Lipinski definition) is 2. The van der Waals surface area contributed by atoms with Crippen LogP contribution < -0.4 is 5.32 Å². The molecule has 0 aromatic heterocycles. The lowest BCUT2D eigenvalue weighted by molar-refractivity contribution is -0.143. The molecule has 4 nitrogen and oxygen atoms in total. The average molecular weight is 366 g/mol. The Morgan fingerprint density at radius 2 is 2.00 bits per heavy atom. The van der Waals surface area contributed by atoms with Crippen LogP contribution in [0.15, 0.2) is 41.4 Å². The molecule has 0 spiro atoms. The van der Waals surface area contributed by atoms with Crippen LogP contribution in [0.25, 0.3) is 0 Å². The molecule has 22 heavy (non-hydrogen) atoms. The van der Waals surface area contributed by atoms with Gasteiger partial charge in [-0.25, -0.2) is 4.79 Å². The minimum atomic E-state index is -1.000. The molecule has 0 aliphatic heterocycles. The fourth-order valence-corrected chi connectivity index (χ4v) is 3.05. The summed E-state index contributed by atoms with van der Waals surface area (Å²) in [5.74, 6) is -1.18. The third-order valence-corrected chi connectivity index (χ3v) is 4.83. The van der Waals surface area contributed by atoms with E-state index >= 15 is 0 Å². The van der Waals surface area contributed by atoms with Gasteiger partial charge < -0.3 is 10.4 Å². The highest BCUT2D eigenvalue weighted by Crippen LogP contribution is 2.44. The monoisotopic (exact) mass is 365 g/mol. The van der Waals surface area contributed by atoms with Crippen LogP contribution in [-0.4, -0.2) is 23.0 Å². The lowest BCUT2D eigenvalue weighted by atomic mass is 9.63. The molecule has 0 bridgehead atoms. The summed E-state index contributed by atoms with van der Waals surface area (Å²) in [5.41, 5.74) is 0.370. The van der Waals surface area contributed by atoms with E-state index in [0.717, 1.165) is 29.3 Å². The molecule has 0 heterocycles. The Kier molecular flexibility index (Phi) is 5.40. The molecular formula is C17H20BrNO3. The van der Waals surface area contributed by atoms with Crippen molar-refractivity contribution in [1.29, 1.82) is 0 Å². The number of carbonyl (C=O) groups is 2. The fourth-order valence-electron chi connectivity index (χ4n) is 2.78. The first-order valence-electron chi connectivity index (χ1n) is 7.40. The summed E-state index contributed by atoms with van der Waals surface area (Å²) in [6.07, 6.45) is 5.08. The number of halogens is 1. The van der Waals surface area contributed by atoms with E-state index in [0.29, 0.717) is 12.8 Å². The number of hydrogen-bond acceptors (Lipinski definition) is 2. The Balaban J connectivity index is 2.15. The van der Waals surface area contributed by atoms with Crippen LogP contribution in [0.3, 0.4) is 0 Å². The van der Waals surface area contributed by atoms with E-state index in [2.05, 4.69) is 27.8 Å². The molecule has 1 aromatic carbocycles. The lowest BCUT2D eigenvalue weighted by Gasteiger charge is -2.41. The number of amides is 1. The van der Waals surface area contributed by atoms with Crippen molar-refractivity contribution in [1.82, 2.24) is 5.32 Å². The molecule has 1 aromatic rings. The molecule has 2 N–H and O–H groups in total. The van der Waals surface area contributed by atoms with Crippen molar-refractivity contribution in [2.24, 2.45) is 0 Å². The van der Waals surface area contributed by atoms with E-state index in [1.807, 2.05) is 24.3 Å². The van der Waals surface area contributed by atoms with Gasteiger partial charge in [0, 0.05) is 4.47 Å². The van der Waals surface area contributed by atoms with Crippen molar-refractivity contribution in [3.05, 3.63) is 47.0 Å². The van der Waals surface area contributed by atoms with E-state index in [4.69, 9.17) is 0 Å². The van der Waals surface area contributed by atoms with Crippen LogP contribution in [0, 0.1) is 0 Å². The van der Waals surface area contributed by atoms with Crippen LogP contribution in [-0.2, 0) is 15.0 Å². The quantitative estimate of drug-likeness (QED) is 0.727. The van der Waals surface area contributed by atoms with Gasteiger partial charge in [-0.05, 0) is 43.4 Å². The summed E-state index contributed by atoms with van der Waals surface area (Å²) in [7, 11) is 0. The van der Waals surface area contributed by atoms with Crippen LogP contribution >= 0.6 is 15.9 Å². The van der Waals surface area contributed by atoms with Crippen molar-refractivity contribution in [2.45, 2.75) is 43.6 Å². The number of rotatable bonds is 7. The Labute approximate surface area is 138 Å². The van der Waals surface area contributed by atoms with Crippen molar-refractivity contribution in [3.8, 4) is 0 Å². The highest BCUT2D eigenvalue weighted by Gasteiger charge is 2.46. The largest absolute Gasteiger partial charge is 0.480 e. The van der Waals surface area contributed by atoms with Crippen molar-refractivity contribution >= 4 is 27.8 Å². The van der Waals surface area contributed by atoms with Gasteiger partial charge in [-0.1, -0.05) is 40.6 Å². The van der Waals surface area contributed by atoms with Gasteiger partial charge >= 0.3 is 5.97 Å². The van der Waals surface area contributed by atoms with E-state index in [1.54, 1.807) is 6.08 Å². The first kappa shape index (κ1) is 16.7. The van der Waals surface area contributed by atoms with Crippen molar-refractivity contribution in [2.75, 3.05) is 0 Å². The molecule has 1 aliphatic rings. The summed E-state index contributed by atoms with van der Waals surface area (Å²) in [5, 5.41) is 12.0. The van der Waals surface area contributed by atoms with Gasteiger partial charge in [0.2, 0.25) is 5.91 Å². The maximum atomic E-state index is 12.7. The van der Waals surface area contributed by atoms with Gasteiger partial charge in [-0.2, -0.15) is 0 Å². The molecule has 1 saturated carbocycles. The van der Waals surface area contributed by atoms with E-state index in [-0.39, 0.29) is 5.91 Å². The molecular weight excluding hydrogens is 346 g/mol. The van der Waals surface area contributed by atoms with Crippen molar-refractivity contribution < 1.29 is 14.7 Å². The maximum Gasteiger partial charge on any atom is 0.326 e.